The van der Waals surface area contributed by atoms with Crippen LogP contribution in [0.1, 0.15) is 41.4 Å². The van der Waals surface area contributed by atoms with Crippen LogP contribution in [0.25, 0.3) is 0 Å². The highest BCUT2D eigenvalue weighted by Gasteiger charge is 2.33. The van der Waals surface area contributed by atoms with Gasteiger partial charge in [-0.3, -0.25) is 4.79 Å². The van der Waals surface area contributed by atoms with Gasteiger partial charge in [0.05, 0.1) is 0 Å². The van der Waals surface area contributed by atoms with E-state index in [0.29, 0.717) is 24.0 Å². The highest BCUT2D eigenvalue weighted by molar-refractivity contribution is 7.07. The molecule has 0 saturated heterocycles. The minimum Gasteiger partial charge on any atom is -0.384 e. The molecule has 1 saturated carbocycles. The number of pyridine rings is 1. The third kappa shape index (κ3) is 3.24. The average Bonchev–Trinajstić information content (AvgIpc) is 3.20. The van der Waals surface area contributed by atoms with E-state index in [-0.39, 0.29) is 5.91 Å². The summed E-state index contributed by atoms with van der Waals surface area (Å²) in [5.74, 6) is 0.483. The van der Waals surface area contributed by atoms with Gasteiger partial charge in [0.15, 0.2) is 0 Å². The molecule has 5 heteroatoms. The molecule has 2 N–H and O–H groups in total. The van der Waals surface area contributed by atoms with Crippen molar-refractivity contribution in [3.63, 3.8) is 0 Å². The van der Waals surface area contributed by atoms with E-state index in [2.05, 4.69) is 16.4 Å². The summed E-state index contributed by atoms with van der Waals surface area (Å²) < 4.78 is 0. The molecular formula is C16H19N3OS. The van der Waals surface area contributed by atoms with Crippen molar-refractivity contribution in [1.82, 2.24) is 9.88 Å². The fourth-order valence-corrected chi connectivity index (χ4v) is 3.07. The van der Waals surface area contributed by atoms with Gasteiger partial charge in [0.1, 0.15) is 5.82 Å². The summed E-state index contributed by atoms with van der Waals surface area (Å²) in [7, 11) is 0. The van der Waals surface area contributed by atoms with Crippen LogP contribution in [0.4, 0.5) is 5.82 Å². The van der Waals surface area contributed by atoms with Gasteiger partial charge in [0.25, 0.3) is 5.91 Å². The number of nitrogens with two attached hydrogens (primary N) is 1. The predicted molar refractivity (Wildman–Crippen MR) is 85.2 cm³/mol. The molecule has 0 atom stereocenters. The van der Waals surface area contributed by atoms with Crippen LogP contribution < -0.4 is 5.73 Å². The molecule has 0 aromatic carbocycles. The second kappa shape index (κ2) is 5.85. The van der Waals surface area contributed by atoms with E-state index in [0.717, 1.165) is 25.0 Å². The molecule has 0 bridgehead atoms. The van der Waals surface area contributed by atoms with Crippen molar-refractivity contribution in [2.75, 3.05) is 5.73 Å². The molecule has 2 aromatic rings. The van der Waals surface area contributed by atoms with Gasteiger partial charge in [-0.25, -0.2) is 4.98 Å². The summed E-state index contributed by atoms with van der Waals surface area (Å²) in [5.41, 5.74) is 8.53. The van der Waals surface area contributed by atoms with Crippen molar-refractivity contribution < 1.29 is 4.79 Å². The number of hydrogen-bond donors (Lipinski definition) is 1. The standard InChI is InChI=1S/C16H19N3OS/c1-2-13-7-12(8-15(17)18-13)16(20)19(14-3-4-14)9-11-5-6-21-10-11/h5-8,10,14H,2-4,9H2,1H3,(H2,17,18). The molecule has 0 spiro atoms. The van der Waals surface area contributed by atoms with Gasteiger partial charge < -0.3 is 10.6 Å². The van der Waals surface area contributed by atoms with Gasteiger partial charge >= 0.3 is 0 Å². The first-order valence-corrected chi connectivity index (χ1v) is 8.20. The molecule has 2 heterocycles. The maximum atomic E-state index is 12.8. The number of aromatic nitrogens is 1. The third-order valence-corrected chi connectivity index (χ3v) is 4.42. The molecular weight excluding hydrogens is 282 g/mol. The number of carbonyl (C=O) groups excluding carboxylic acids is 1. The number of aryl methyl sites for hydroxylation is 1. The molecule has 1 amide bonds. The van der Waals surface area contributed by atoms with Crippen molar-refractivity contribution in [2.45, 2.75) is 38.8 Å². The molecule has 21 heavy (non-hydrogen) atoms. The van der Waals surface area contributed by atoms with Gasteiger partial charge in [-0.2, -0.15) is 11.3 Å². The maximum Gasteiger partial charge on any atom is 0.254 e. The van der Waals surface area contributed by atoms with Crippen molar-refractivity contribution in [3.05, 3.63) is 45.8 Å². The van der Waals surface area contributed by atoms with Crippen LogP contribution in [0.15, 0.2) is 29.0 Å². The quantitative estimate of drug-likeness (QED) is 0.923. The highest BCUT2D eigenvalue weighted by Crippen LogP contribution is 2.30. The SMILES string of the molecule is CCc1cc(C(=O)N(Cc2ccsc2)C2CC2)cc(N)n1. The lowest BCUT2D eigenvalue weighted by molar-refractivity contribution is 0.0730. The summed E-state index contributed by atoms with van der Waals surface area (Å²) in [6, 6.07) is 6.00. The Hall–Kier alpha value is -1.88. The van der Waals surface area contributed by atoms with E-state index in [4.69, 9.17) is 5.73 Å². The lowest BCUT2D eigenvalue weighted by Crippen LogP contribution is -2.32. The minimum absolute atomic E-state index is 0.0625. The second-order valence-electron chi connectivity index (χ2n) is 5.42. The molecule has 1 aliphatic carbocycles. The summed E-state index contributed by atoms with van der Waals surface area (Å²) in [6.45, 7) is 2.69. The average molecular weight is 301 g/mol. The van der Waals surface area contributed by atoms with Crippen LogP contribution in [0, 0.1) is 0 Å². The zero-order chi connectivity index (χ0) is 14.8. The summed E-state index contributed by atoms with van der Waals surface area (Å²) >= 11 is 1.66. The Balaban J connectivity index is 1.85. The molecule has 2 aromatic heterocycles. The van der Waals surface area contributed by atoms with Crippen molar-refractivity contribution in [2.24, 2.45) is 0 Å². The number of rotatable bonds is 5. The van der Waals surface area contributed by atoms with Crippen LogP contribution in [-0.4, -0.2) is 21.8 Å². The number of anilines is 1. The normalized spacial score (nSPS) is 14.1. The Morgan fingerprint density at radius 1 is 1.48 bits per heavy atom. The summed E-state index contributed by atoms with van der Waals surface area (Å²) in [4.78, 5) is 19.0. The molecule has 0 radical (unpaired) electrons. The molecule has 1 aliphatic rings. The fourth-order valence-electron chi connectivity index (χ4n) is 2.41. The van der Waals surface area contributed by atoms with Gasteiger partial charge in [0.2, 0.25) is 0 Å². The summed E-state index contributed by atoms with van der Waals surface area (Å²) in [5, 5.41) is 4.14. The molecule has 0 unspecified atom stereocenters. The molecule has 110 valence electrons. The first kappa shape index (κ1) is 14.1. The molecule has 0 aliphatic heterocycles. The van der Waals surface area contributed by atoms with Crippen LogP contribution in [0.3, 0.4) is 0 Å². The zero-order valence-electron chi connectivity index (χ0n) is 12.1. The minimum atomic E-state index is 0.0625. The van der Waals surface area contributed by atoms with Crippen molar-refractivity contribution in [1.29, 1.82) is 0 Å². The predicted octanol–water partition coefficient (Wildman–Crippen LogP) is 3.09. The fraction of sp³-hybridized carbons (Fsp3) is 0.375. The van der Waals surface area contributed by atoms with E-state index in [9.17, 15) is 4.79 Å². The molecule has 4 nitrogen and oxygen atoms in total. The Morgan fingerprint density at radius 2 is 2.29 bits per heavy atom. The number of nitrogens with zero attached hydrogens (tertiary/aromatic N) is 2. The first-order valence-electron chi connectivity index (χ1n) is 7.26. The highest BCUT2D eigenvalue weighted by atomic mass is 32.1. The van der Waals surface area contributed by atoms with E-state index in [1.165, 1.54) is 5.56 Å². The van der Waals surface area contributed by atoms with E-state index >= 15 is 0 Å². The number of nitrogen functional groups attached to an aromatic ring is 1. The monoisotopic (exact) mass is 301 g/mol. The summed E-state index contributed by atoms with van der Waals surface area (Å²) in [6.07, 6.45) is 2.97. The smallest absolute Gasteiger partial charge is 0.254 e. The van der Waals surface area contributed by atoms with Crippen LogP contribution >= 0.6 is 11.3 Å². The van der Waals surface area contributed by atoms with Crippen LogP contribution in [0.5, 0.6) is 0 Å². The number of carbonyl (C=O) groups is 1. The first-order chi connectivity index (χ1) is 10.2. The van der Waals surface area contributed by atoms with E-state index in [1.54, 1.807) is 17.4 Å². The number of hydrogen-bond acceptors (Lipinski definition) is 4. The Kier molecular flexibility index (Phi) is 3.92. The largest absolute Gasteiger partial charge is 0.384 e. The van der Waals surface area contributed by atoms with Crippen LogP contribution in [-0.2, 0) is 13.0 Å². The number of thiophene rings is 1. The topological polar surface area (TPSA) is 59.2 Å². The van der Waals surface area contributed by atoms with E-state index < -0.39 is 0 Å². The van der Waals surface area contributed by atoms with Gasteiger partial charge in [-0.05, 0) is 53.8 Å². The second-order valence-corrected chi connectivity index (χ2v) is 6.20. The third-order valence-electron chi connectivity index (χ3n) is 3.69. The van der Waals surface area contributed by atoms with Crippen molar-refractivity contribution in [3.8, 4) is 0 Å². The Morgan fingerprint density at radius 3 is 2.90 bits per heavy atom. The van der Waals surface area contributed by atoms with Gasteiger partial charge in [-0.15, -0.1) is 0 Å². The number of amides is 1. The molecule has 1 fully saturated rings. The van der Waals surface area contributed by atoms with Gasteiger partial charge in [-0.1, -0.05) is 6.92 Å². The van der Waals surface area contributed by atoms with Gasteiger partial charge in [0, 0.05) is 23.8 Å². The maximum absolute atomic E-state index is 12.8. The lowest BCUT2D eigenvalue weighted by atomic mass is 10.1. The Bertz CT molecular complexity index is 635. The van der Waals surface area contributed by atoms with Crippen LogP contribution in [0.2, 0.25) is 0 Å². The van der Waals surface area contributed by atoms with E-state index in [1.807, 2.05) is 23.3 Å². The Labute approximate surface area is 128 Å². The zero-order valence-corrected chi connectivity index (χ0v) is 12.9. The molecule has 3 rings (SSSR count). The van der Waals surface area contributed by atoms with Crippen molar-refractivity contribution >= 4 is 23.1 Å². The lowest BCUT2D eigenvalue weighted by Gasteiger charge is -2.22.